The normalized spacial score (nSPS) is 13.6. The van der Waals surface area contributed by atoms with E-state index in [1.54, 1.807) is 0 Å². The van der Waals surface area contributed by atoms with Crippen LogP contribution in [0, 0.1) is 0 Å². The Bertz CT molecular complexity index is 442. The summed E-state index contributed by atoms with van der Waals surface area (Å²) in [6.07, 6.45) is 2.20. The van der Waals surface area contributed by atoms with E-state index in [1.165, 1.54) is 11.8 Å². The molecule has 1 aromatic rings. The lowest BCUT2D eigenvalue weighted by molar-refractivity contribution is 0.532. The molecular weight excluding hydrogens is 302 g/mol. The molecule has 0 aromatic heterocycles. The van der Waals surface area contributed by atoms with Gasteiger partial charge in [-0.1, -0.05) is 35.0 Å². The molecule has 0 saturated carbocycles. The summed E-state index contributed by atoms with van der Waals surface area (Å²) in [6.45, 7) is 2.58. The predicted octanol–water partition coefficient (Wildman–Crippen LogP) is 2.53. The largest absolute Gasteiger partial charge is 0.309 e. The molecule has 1 atom stereocenters. The van der Waals surface area contributed by atoms with Crippen LogP contribution in [0.3, 0.4) is 0 Å². The van der Waals surface area contributed by atoms with Crippen LogP contribution in [0.25, 0.3) is 0 Å². The third-order valence-corrected chi connectivity index (χ3v) is 4.02. The van der Waals surface area contributed by atoms with Crippen LogP contribution >= 0.6 is 15.9 Å². The molecule has 0 amide bonds. The van der Waals surface area contributed by atoms with Crippen molar-refractivity contribution in [3.05, 3.63) is 34.3 Å². The van der Waals surface area contributed by atoms with Crippen molar-refractivity contribution in [3.63, 3.8) is 0 Å². The lowest BCUT2D eigenvalue weighted by Gasteiger charge is -2.17. The third kappa shape index (κ3) is 5.66. The highest BCUT2D eigenvalue weighted by atomic mass is 79.9. The highest BCUT2D eigenvalue weighted by Gasteiger charge is 2.09. The average molecular weight is 320 g/mol. The van der Waals surface area contributed by atoms with Crippen LogP contribution in [0.2, 0.25) is 0 Å². The quantitative estimate of drug-likeness (QED) is 0.876. The molecule has 3 nitrogen and oxygen atoms in total. The standard InChI is InChI=1S/C12H18BrNO2S/c1-3-12(14-8-9-17(2,15)16)10-4-6-11(13)7-5-10/h4-7,12,14H,3,8-9H2,1-2H3. The molecule has 0 radical (unpaired) electrons. The first-order valence-electron chi connectivity index (χ1n) is 5.59. The second-order valence-electron chi connectivity index (χ2n) is 4.10. The molecule has 0 bridgehead atoms. The Kier molecular flexibility index (Phi) is 5.62. The maximum absolute atomic E-state index is 11.0. The van der Waals surface area contributed by atoms with Crippen molar-refractivity contribution in [1.82, 2.24) is 5.32 Å². The zero-order valence-electron chi connectivity index (χ0n) is 10.1. The van der Waals surface area contributed by atoms with E-state index in [0.29, 0.717) is 6.54 Å². The Labute approximate surface area is 112 Å². The minimum absolute atomic E-state index is 0.181. The van der Waals surface area contributed by atoms with Crippen molar-refractivity contribution in [1.29, 1.82) is 0 Å². The van der Waals surface area contributed by atoms with Crippen molar-refractivity contribution >= 4 is 25.8 Å². The maximum Gasteiger partial charge on any atom is 0.148 e. The van der Waals surface area contributed by atoms with Gasteiger partial charge in [-0.15, -0.1) is 0 Å². The highest BCUT2D eigenvalue weighted by Crippen LogP contribution is 2.19. The van der Waals surface area contributed by atoms with E-state index >= 15 is 0 Å². The second kappa shape index (κ2) is 6.52. The van der Waals surface area contributed by atoms with Gasteiger partial charge in [0, 0.05) is 23.3 Å². The number of halogens is 1. The van der Waals surface area contributed by atoms with Gasteiger partial charge in [0.1, 0.15) is 9.84 Å². The van der Waals surface area contributed by atoms with E-state index < -0.39 is 9.84 Å². The smallest absolute Gasteiger partial charge is 0.148 e. The van der Waals surface area contributed by atoms with E-state index in [9.17, 15) is 8.42 Å². The number of benzene rings is 1. The summed E-state index contributed by atoms with van der Waals surface area (Å²) in [5.41, 5.74) is 1.18. The van der Waals surface area contributed by atoms with Gasteiger partial charge < -0.3 is 5.32 Å². The molecule has 5 heteroatoms. The van der Waals surface area contributed by atoms with Crippen molar-refractivity contribution in [2.45, 2.75) is 19.4 Å². The van der Waals surface area contributed by atoms with Gasteiger partial charge in [0.15, 0.2) is 0 Å². The molecule has 1 unspecified atom stereocenters. The van der Waals surface area contributed by atoms with Crippen LogP contribution < -0.4 is 5.32 Å². The molecular formula is C12H18BrNO2S. The molecule has 0 fully saturated rings. The molecule has 17 heavy (non-hydrogen) atoms. The van der Waals surface area contributed by atoms with Crippen LogP contribution in [0.1, 0.15) is 24.9 Å². The molecule has 0 aliphatic carbocycles. The minimum Gasteiger partial charge on any atom is -0.309 e. The van der Waals surface area contributed by atoms with E-state index in [1.807, 2.05) is 24.3 Å². The van der Waals surface area contributed by atoms with Crippen molar-refractivity contribution in [2.24, 2.45) is 0 Å². The van der Waals surface area contributed by atoms with Crippen LogP contribution in [-0.4, -0.2) is 27.0 Å². The van der Waals surface area contributed by atoms with E-state index in [2.05, 4.69) is 28.2 Å². The van der Waals surface area contributed by atoms with Crippen LogP contribution in [0.4, 0.5) is 0 Å². The van der Waals surface area contributed by atoms with Crippen LogP contribution in [-0.2, 0) is 9.84 Å². The number of rotatable bonds is 6. The van der Waals surface area contributed by atoms with Gasteiger partial charge in [-0.2, -0.15) is 0 Å². The molecule has 1 N–H and O–H groups in total. The summed E-state index contributed by atoms with van der Waals surface area (Å²) >= 11 is 3.40. The second-order valence-corrected chi connectivity index (χ2v) is 7.27. The van der Waals surface area contributed by atoms with Crippen LogP contribution in [0.15, 0.2) is 28.7 Å². The lowest BCUT2D eigenvalue weighted by atomic mass is 10.1. The van der Waals surface area contributed by atoms with Crippen molar-refractivity contribution in [2.75, 3.05) is 18.6 Å². The molecule has 1 rings (SSSR count). The Balaban J connectivity index is 2.57. The van der Waals surface area contributed by atoms with Gasteiger partial charge in [-0.3, -0.25) is 0 Å². The number of nitrogens with one attached hydrogen (secondary N) is 1. The molecule has 0 aliphatic heterocycles. The minimum atomic E-state index is -2.89. The van der Waals surface area contributed by atoms with Gasteiger partial charge in [-0.25, -0.2) is 8.42 Å². The van der Waals surface area contributed by atoms with Crippen molar-refractivity contribution in [3.8, 4) is 0 Å². The first-order chi connectivity index (χ1) is 7.92. The zero-order chi connectivity index (χ0) is 12.9. The summed E-state index contributed by atoms with van der Waals surface area (Å²) in [5.74, 6) is 0.181. The molecule has 0 spiro atoms. The number of hydrogen-bond acceptors (Lipinski definition) is 3. The Hall–Kier alpha value is -0.390. The topological polar surface area (TPSA) is 46.2 Å². The fraction of sp³-hybridized carbons (Fsp3) is 0.500. The number of hydrogen-bond donors (Lipinski definition) is 1. The summed E-state index contributed by atoms with van der Waals surface area (Å²) in [6, 6.07) is 8.30. The molecule has 0 aliphatic rings. The monoisotopic (exact) mass is 319 g/mol. The summed E-state index contributed by atoms with van der Waals surface area (Å²) in [7, 11) is -2.89. The first kappa shape index (κ1) is 14.7. The summed E-state index contributed by atoms with van der Waals surface area (Å²) in [5, 5.41) is 3.27. The van der Waals surface area contributed by atoms with E-state index in [-0.39, 0.29) is 11.8 Å². The predicted molar refractivity (Wildman–Crippen MR) is 74.9 cm³/mol. The fourth-order valence-electron chi connectivity index (χ4n) is 1.61. The number of sulfone groups is 1. The lowest BCUT2D eigenvalue weighted by Crippen LogP contribution is -2.26. The average Bonchev–Trinajstić information content (AvgIpc) is 2.24. The van der Waals surface area contributed by atoms with E-state index in [0.717, 1.165) is 10.9 Å². The fourth-order valence-corrected chi connectivity index (χ4v) is 2.36. The highest BCUT2D eigenvalue weighted by molar-refractivity contribution is 9.10. The molecule has 0 heterocycles. The van der Waals surface area contributed by atoms with Gasteiger partial charge in [0.2, 0.25) is 0 Å². The summed E-state index contributed by atoms with van der Waals surface area (Å²) in [4.78, 5) is 0. The summed E-state index contributed by atoms with van der Waals surface area (Å²) < 4.78 is 23.1. The third-order valence-electron chi connectivity index (χ3n) is 2.54. The van der Waals surface area contributed by atoms with Crippen LogP contribution in [0.5, 0.6) is 0 Å². The SMILES string of the molecule is CCC(NCCS(C)(=O)=O)c1ccc(Br)cc1. The van der Waals surface area contributed by atoms with Gasteiger partial charge in [0.25, 0.3) is 0 Å². The van der Waals surface area contributed by atoms with E-state index in [4.69, 9.17) is 0 Å². The van der Waals surface area contributed by atoms with Gasteiger partial charge in [-0.05, 0) is 24.1 Å². The Morgan fingerprint density at radius 3 is 2.35 bits per heavy atom. The Morgan fingerprint density at radius 2 is 1.88 bits per heavy atom. The first-order valence-corrected chi connectivity index (χ1v) is 8.44. The maximum atomic E-state index is 11.0. The molecule has 1 aromatic carbocycles. The zero-order valence-corrected chi connectivity index (χ0v) is 12.5. The van der Waals surface area contributed by atoms with Gasteiger partial charge >= 0.3 is 0 Å². The Morgan fingerprint density at radius 1 is 1.29 bits per heavy atom. The molecule has 96 valence electrons. The molecule has 0 saturated heterocycles. The van der Waals surface area contributed by atoms with Crippen molar-refractivity contribution < 1.29 is 8.42 Å². The van der Waals surface area contributed by atoms with Gasteiger partial charge in [0.05, 0.1) is 5.75 Å².